The molecule has 0 aromatic heterocycles. The summed E-state index contributed by atoms with van der Waals surface area (Å²) in [6.07, 6.45) is 0.232. The van der Waals surface area contributed by atoms with Gasteiger partial charge in [0.15, 0.2) is 0 Å². The smallest absolute Gasteiger partial charge is 0.237 e. The number of aliphatic hydroxyl groups is 1. The van der Waals surface area contributed by atoms with E-state index in [1.807, 2.05) is 38.1 Å². The normalized spacial score (nSPS) is 16.1. The summed E-state index contributed by atoms with van der Waals surface area (Å²) in [6, 6.07) is 7.68. The molecule has 0 unspecified atom stereocenters. The lowest BCUT2D eigenvalue weighted by Crippen LogP contribution is -2.38. The highest BCUT2D eigenvalue weighted by Gasteiger charge is 2.43. The van der Waals surface area contributed by atoms with Gasteiger partial charge in [0.25, 0.3) is 0 Å². The molecule has 0 saturated heterocycles. The van der Waals surface area contributed by atoms with Crippen molar-refractivity contribution in [1.82, 2.24) is 5.32 Å². The first-order valence-electron chi connectivity index (χ1n) is 6.77. The van der Waals surface area contributed by atoms with Crippen molar-refractivity contribution in [3.8, 4) is 0 Å². The van der Waals surface area contributed by atoms with Gasteiger partial charge in [-0.1, -0.05) is 18.2 Å². The van der Waals surface area contributed by atoms with Gasteiger partial charge >= 0.3 is 0 Å². The Kier molecular flexibility index (Phi) is 4.09. The number of benzene rings is 1. The van der Waals surface area contributed by atoms with Crippen molar-refractivity contribution in [3.05, 3.63) is 29.8 Å². The molecule has 1 aromatic carbocycles. The summed E-state index contributed by atoms with van der Waals surface area (Å²) in [5, 5.41) is 11.2. The molecule has 0 radical (unpaired) electrons. The van der Waals surface area contributed by atoms with Crippen LogP contribution in [-0.2, 0) is 15.0 Å². The zero-order valence-electron chi connectivity index (χ0n) is 11.8. The van der Waals surface area contributed by atoms with Crippen LogP contribution in [0.4, 0.5) is 5.69 Å². The Bertz CT molecular complexity index is 526. The second kappa shape index (κ2) is 5.63. The molecule has 0 atom stereocenters. The molecule has 0 aliphatic carbocycles. The van der Waals surface area contributed by atoms with E-state index in [1.54, 1.807) is 4.90 Å². The average Bonchev–Trinajstić information content (AvgIpc) is 2.63. The lowest BCUT2D eigenvalue weighted by atomic mass is 9.86. The molecule has 0 fully saturated rings. The molecule has 2 N–H and O–H groups in total. The highest BCUT2D eigenvalue weighted by molar-refractivity contribution is 6.07. The quantitative estimate of drug-likeness (QED) is 0.836. The molecule has 2 rings (SSSR count). The van der Waals surface area contributed by atoms with Crippen molar-refractivity contribution in [2.24, 2.45) is 0 Å². The molecule has 0 saturated carbocycles. The molecule has 0 spiro atoms. The largest absolute Gasteiger partial charge is 0.395 e. The van der Waals surface area contributed by atoms with Crippen molar-refractivity contribution in [1.29, 1.82) is 0 Å². The fraction of sp³-hybridized carbons (Fsp3) is 0.467. The van der Waals surface area contributed by atoms with E-state index in [4.69, 9.17) is 5.11 Å². The highest BCUT2D eigenvalue weighted by atomic mass is 16.3. The number of fused-ring (bicyclic) bond motifs is 1. The Hall–Kier alpha value is -1.88. The fourth-order valence-electron chi connectivity index (χ4n) is 2.52. The van der Waals surface area contributed by atoms with E-state index >= 15 is 0 Å². The molecule has 1 aliphatic heterocycles. The highest BCUT2D eigenvalue weighted by Crippen LogP contribution is 2.41. The SMILES string of the molecule is CC1(C)C(=O)N(CCC(=O)NCCO)c2ccccc21. The molecule has 1 heterocycles. The molecule has 20 heavy (non-hydrogen) atoms. The van der Waals surface area contributed by atoms with Crippen LogP contribution in [0, 0.1) is 0 Å². The Balaban J connectivity index is 2.10. The van der Waals surface area contributed by atoms with Crippen LogP contribution in [0.15, 0.2) is 24.3 Å². The minimum Gasteiger partial charge on any atom is -0.395 e. The number of hydrogen-bond donors (Lipinski definition) is 2. The summed E-state index contributed by atoms with van der Waals surface area (Å²) in [5.41, 5.74) is 1.34. The zero-order valence-corrected chi connectivity index (χ0v) is 11.8. The van der Waals surface area contributed by atoms with E-state index < -0.39 is 5.41 Å². The van der Waals surface area contributed by atoms with Gasteiger partial charge in [0, 0.05) is 25.2 Å². The predicted octanol–water partition coefficient (Wildman–Crippen LogP) is 0.809. The minimum atomic E-state index is -0.543. The fourth-order valence-corrected chi connectivity index (χ4v) is 2.52. The third-order valence-electron chi connectivity index (χ3n) is 3.64. The van der Waals surface area contributed by atoms with Crippen LogP contribution in [0.3, 0.4) is 0 Å². The van der Waals surface area contributed by atoms with Gasteiger partial charge in [-0.15, -0.1) is 0 Å². The molecular weight excluding hydrogens is 256 g/mol. The van der Waals surface area contributed by atoms with Crippen LogP contribution in [0.25, 0.3) is 0 Å². The molecule has 2 amide bonds. The maximum absolute atomic E-state index is 12.5. The summed E-state index contributed by atoms with van der Waals surface area (Å²) in [6.45, 7) is 4.33. The lowest BCUT2D eigenvalue weighted by molar-refractivity contribution is -0.122. The Morgan fingerprint density at radius 3 is 2.75 bits per heavy atom. The molecule has 108 valence electrons. The number of anilines is 1. The molecule has 0 bridgehead atoms. The standard InChI is InChI=1S/C15H20N2O3/c1-15(2)11-5-3-4-6-12(11)17(14(15)20)9-7-13(19)16-8-10-18/h3-6,18H,7-10H2,1-2H3,(H,16,19). The monoisotopic (exact) mass is 276 g/mol. The molecule has 1 aromatic rings. The Labute approximate surface area is 118 Å². The van der Waals surface area contributed by atoms with Crippen molar-refractivity contribution in [2.75, 3.05) is 24.6 Å². The van der Waals surface area contributed by atoms with Gasteiger partial charge in [0.1, 0.15) is 0 Å². The second-order valence-corrected chi connectivity index (χ2v) is 5.42. The van der Waals surface area contributed by atoms with Crippen molar-refractivity contribution in [3.63, 3.8) is 0 Å². The third kappa shape index (κ3) is 2.54. The van der Waals surface area contributed by atoms with Crippen LogP contribution >= 0.6 is 0 Å². The van der Waals surface area contributed by atoms with Gasteiger partial charge in [0.05, 0.1) is 12.0 Å². The number of carbonyl (C=O) groups is 2. The van der Waals surface area contributed by atoms with Gasteiger partial charge in [0.2, 0.25) is 11.8 Å². The van der Waals surface area contributed by atoms with Crippen molar-refractivity contribution < 1.29 is 14.7 Å². The summed E-state index contributed by atoms with van der Waals surface area (Å²) < 4.78 is 0. The average molecular weight is 276 g/mol. The summed E-state index contributed by atoms with van der Waals surface area (Å²) >= 11 is 0. The second-order valence-electron chi connectivity index (χ2n) is 5.42. The first-order valence-corrected chi connectivity index (χ1v) is 6.77. The van der Waals surface area contributed by atoms with Crippen LogP contribution < -0.4 is 10.2 Å². The van der Waals surface area contributed by atoms with E-state index in [1.165, 1.54) is 0 Å². The number of aliphatic hydroxyl groups excluding tert-OH is 1. The van der Waals surface area contributed by atoms with Crippen LogP contribution in [0.1, 0.15) is 25.8 Å². The number of nitrogens with one attached hydrogen (secondary N) is 1. The van der Waals surface area contributed by atoms with Crippen molar-refractivity contribution in [2.45, 2.75) is 25.7 Å². The number of amides is 2. The third-order valence-corrected chi connectivity index (χ3v) is 3.64. The molecule has 1 aliphatic rings. The Morgan fingerprint density at radius 1 is 1.35 bits per heavy atom. The number of hydrogen-bond acceptors (Lipinski definition) is 3. The van der Waals surface area contributed by atoms with Gasteiger partial charge in [-0.2, -0.15) is 0 Å². The van der Waals surface area contributed by atoms with Crippen LogP contribution in [-0.4, -0.2) is 36.6 Å². The topological polar surface area (TPSA) is 69.6 Å². The zero-order chi connectivity index (χ0) is 14.8. The maximum atomic E-state index is 12.5. The predicted molar refractivity (Wildman–Crippen MR) is 76.5 cm³/mol. The van der Waals surface area contributed by atoms with Crippen molar-refractivity contribution >= 4 is 17.5 Å². The molecule has 5 nitrogen and oxygen atoms in total. The van der Waals surface area contributed by atoms with Gasteiger partial charge in [-0.05, 0) is 25.5 Å². The molecular formula is C15H20N2O3. The van der Waals surface area contributed by atoms with E-state index in [-0.39, 0.29) is 31.4 Å². The van der Waals surface area contributed by atoms with Gasteiger partial charge in [-0.3, -0.25) is 9.59 Å². The number of para-hydroxylation sites is 1. The summed E-state index contributed by atoms with van der Waals surface area (Å²) in [7, 11) is 0. The summed E-state index contributed by atoms with van der Waals surface area (Å²) in [5.74, 6) is -0.136. The van der Waals surface area contributed by atoms with Gasteiger partial charge < -0.3 is 15.3 Å². The van der Waals surface area contributed by atoms with E-state index in [0.717, 1.165) is 11.3 Å². The van der Waals surface area contributed by atoms with E-state index in [2.05, 4.69) is 5.32 Å². The first-order chi connectivity index (χ1) is 9.48. The lowest BCUT2D eigenvalue weighted by Gasteiger charge is -2.20. The molecule has 5 heteroatoms. The van der Waals surface area contributed by atoms with E-state index in [9.17, 15) is 9.59 Å². The summed E-state index contributed by atoms with van der Waals surface area (Å²) in [4.78, 5) is 25.7. The number of rotatable bonds is 5. The Morgan fingerprint density at radius 2 is 2.05 bits per heavy atom. The minimum absolute atomic E-state index is 0.0219. The first kappa shape index (κ1) is 14.5. The van der Waals surface area contributed by atoms with Crippen LogP contribution in [0.5, 0.6) is 0 Å². The van der Waals surface area contributed by atoms with Crippen LogP contribution in [0.2, 0.25) is 0 Å². The van der Waals surface area contributed by atoms with E-state index in [0.29, 0.717) is 6.54 Å². The number of nitrogens with zero attached hydrogens (tertiary/aromatic N) is 1. The number of carbonyl (C=O) groups excluding carboxylic acids is 2. The van der Waals surface area contributed by atoms with Gasteiger partial charge in [-0.25, -0.2) is 0 Å². The maximum Gasteiger partial charge on any atom is 0.237 e.